The Labute approximate surface area is 111 Å². The van der Waals surface area contributed by atoms with Crippen molar-refractivity contribution in [3.05, 3.63) is 24.2 Å². The molecule has 1 fully saturated rings. The largest absolute Gasteiger partial charge is 0.468 e. The first-order chi connectivity index (χ1) is 8.83. The fourth-order valence-corrected chi connectivity index (χ4v) is 2.42. The molecule has 0 unspecified atom stereocenters. The first kappa shape index (κ1) is 13.6. The van der Waals surface area contributed by atoms with Gasteiger partial charge in [0.2, 0.25) is 0 Å². The first-order valence-electron chi connectivity index (χ1n) is 7.33. The maximum absolute atomic E-state index is 5.45. The predicted octanol–water partition coefficient (Wildman–Crippen LogP) is 3.02. The molecule has 0 saturated heterocycles. The lowest BCUT2D eigenvalue weighted by Crippen LogP contribution is -2.37. The Morgan fingerprint density at radius 3 is 2.72 bits per heavy atom. The highest BCUT2D eigenvalue weighted by molar-refractivity contribution is 4.99. The molecule has 0 amide bonds. The number of rotatable bonds is 9. The molecule has 1 saturated carbocycles. The van der Waals surface area contributed by atoms with Crippen LogP contribution in [0.1, 0.15) is 45.3 Å². The molecule has 0 aliphatic heterocycles. The zero-order valence-corrected chi connectivity index (χ0v) is 11.7. The molecule has 3 heteroatoms. The Morgan fingerprint density at radius 2 is 2.17 bits per heavy atom. The Balaban J connectivity index is 1.73. The highest BCUT2D eigenvalue weighted by Gasteiger charge is 2.29. The topological polar surface area (TPSA) is 28.4 Å². The second kappa shape index (κ2) is 6.95. The average molecular weight is 250 g/mol. The van der Waals surface area contributed by atoms with Crippen LogP contribution in [0.25, 0.3) is 0 Å². The summed E-state index contributed by atoms with van der Waals surface area (Å²) >= 11 is 0. The van der Waals surface area contributed by atoms with Gasteiger partial charge >= 0.3 is 0 Å². The van der Waals surface area contributed by atoms with Crippen molar-refractivity contribution in [2.45, 2.75) is 58.2 Å². The van der Waals surface area contributed by atoms with Crippen molar-refractivity contribution in [2.75, 3.05) is 13.1 Å². The summed E-state index contributed by atoms with van der Waals surface area (Å²) in [5, 5.41) is 3.64. The molecule has 0 radical (unpaired) electrons. The molecule has 1 heterocycles. The summed E-state index contributed by atoms with van der Waals surface area (Å²) in [6.45, 7) is 7.68. The lowest BCUT2D eigenvalue weighted by molar-refractivity contribution is 0.230. The molecular weight excluding hydrogens is 224 g/mol. The fourth-order valence-electron chi connectivity index (χ4n) is 2.42. The van der Waals surface area contributed by atoms with E-state index < -0.39 is 0 Å². The van der Waals surface area contributed by atoms with Gasteiger partial charge in [0.25, 0.3) is 0 Å². The van der Waals surface area contributed by atoms with Crippen molar-refractivity contribution < 1.29 is 4.42 Å². The highest BCUT2D eigenvalue weighted by Crippen LogP contribution is 2.27. The minimum absolute atomic E-state index is 0.676. The van der Waals surface area contributed by atoms with Crippen molar-refractivity contribution in [2.24, 2.45) is 0 Å². The third kappa shape index (κ3) is 4.14. The number of hydrogen-bond donors (Lipinski definition) is 1. The van der Waals surface area contributed by atoms with Crippen LogP contribution in [0, 0.1) is 0 Å². The number of furan rings is 1. The third-order valence-electron chi connectivity index (χ3n) is 3.82. The van der Waals surface area contributed by atoms with Crippen molar-refractivity contribution in [1.29, 1.82) is 0 Å². The second-order valence-corrected chi connectivity index (χ2v) is 5.25. The molecule has 1 aliphatic carbocycles. The third-order valence-corrected chi connectivity index (χ3v) is 3.82. The van der Waals surface area contributed by atoms with Gasteiger partial charge in [0.05, 0.1) is 12.8 Å². The Morgan fingerprint density at radius 1 is 1.39 bits per heavy atom. The molecule has 1 aromatic rings. The van der Waals surface area contributed by atoms with Gasteiger partial charge in [0, 0.05) is 25.2 Å². The SMILES string of the molecule is CCC(CC)NCCN(Cc1ccco1)C1CC1. The van der Waals surface area contributed by atoms with E-state index in [1.54, 1.807) is 6.26 Å². The second-order valence-electron chi connectivity index (χ2n) is 5.25. The van der Waals surface area contributed by atoms with E-state index in [0.29, 0.717) is 6.04 Å². The summed E-state index contributed by atoms with van der Waals surface area (Å²) in [6.07, 6.45) is 6.91. The van der Waals surface area contributed by atoms with Crippen LogP contribution in [0.5, 0.6) is 0 Å². The van der Waals surface area contributed by atoms with Gasteiger partial charge in [-0.15, -0.1) is 0 Å². The molecule has 2 rings (SSSR count). The van der Waals surface area contributed by atoms with Crippen LogP contribution in [-0.2, 0) is 6.54 Å². The van der Waals surface area contributed by atoms with E-state index in [1.807, 2.05) is 6.07 Å². The normalized spacial score (nSPS) is 15.8. The molecule has 1 N–H and O–H groups in total. The monoisotopic (exact) mass is 250 g/mol. The quantitative estimate of drug-likeness (QED) is 0.730. The number of nitrogens with one attached hydrogen (secondary N) is 1. The molecule has 0 bridgehead atoms. The van der Waals surface area contributed by atoms with Crippen LogP contribution in [0.4, 0.5) is 0 Å². The van der Waals surface area contributed by atoms with Gasteiger partial charge in [-0.1, -0.05) is 13.8 Å². The Bertz CT molecular complexity index is 315. The van der Waals surface area contributed by atoms with Gasteiger partial charge in [0.15, 0.2) is 0 Å². The van der Waals surface area contributed by atoms with Crippen LogP contribution < -0.4 is 5.32 Å². The molecule has 1 aromatic heterocycles. The van der Waals surface area contributed by atoms with E-state index >= 15 is 0 Å². The lowest BCUT2D eigenvalue weighted by atomic mass is 10.2. The smallest absolute Gasteiger partial charge is 0.117 e. The predicted molar refractivity (Wildman–Crippen MR) is 74.5 cm³/mol. The highest BCUT2D eigenvalue weighted by atomic mass is 16.3. The molecular formula is C15H26N2O. The molecule has 0 aromatic carbocycles. The van der Waals surface area contributed by atoms with E-state index in [-0.39, 0.29) is 0 Å². The van der Waals surface area contributed by atoms with Crippen LogP contribution >= 0.6 is 0 Å². The van der Waals surface area contributed by atoms with Crippen LogP contribution in [0.15, 0.2) is 22.8 Å². The summed E-state index contributed by atoms with van der Waals surface area (Å²) < 4.78 is 5.45. The fraction of sp³-hybridized carbons (Fsp3) is 0.733. The maximum Gasteiger partial charge on any atom is 0.117 e. The number of hydrogen-bond acceptors (Lipinski definition) is 3. The molecule has 0 spiro atoms. The van der Waals surface area contributed by atoms with E-state index in [0.717, 1.165) is 31.4 Å². The van der Waals surface area contributed by atoms with E-state index in [2.05, 4.69) is 30.1 Å². The van der Waals surface area contributed by atoms with Gasteiger partial charge in [-0.25, -0.2) is 0 Å². The summed E-state index contributed by atoms with van der Waals surface area (Å²) in [5.41, 5.74) is 0. The van der Waals surface area contributed by atoms with E-state index in [9.17, 15) is 0 Å². The summed E-state index contributed by atoms with van der Waals surface area (Å²) in [5.74, 6) is 1.09. The summed E-state index contributed by atoms with van der Waals surface area (Å²) in [6, 6.07) is 5.51. The number of nitrogens with zero attached hydrogens (tertiary/aromatic N) is 1. The molecule has 18 heavy (non-hydrogen) atoms. The van der Waals surface area contributed by atoms with Crippen molar-refractivity contribution in [3.63, 3.8) is 0 Å². The van der Waals surface area contributed by atoms with Crippen molar-refractivity contribution >= 4 is 0 Å². The van der Waals surface area contributed by atoms with Crippen LogP contribution in [-0.4, -0.2) is 30.1 Å². The molecule has 0 atom stereocenters. The average Bonchev–Trinajstić information content (AvgIpc) is 3.11. The molecule has 3 nitrogen and oxygen atoms in total. The van der Waals surface area contributed by atoms with Gasteiger partial charge < -0.3 is 9.73 Å². The van der Waals surface area contributed by atoms with Crippen molar-refractivity contribution in [1.82, 2.24) is 10.2 Å². The van der Waals surface area contributed by atoms with E-state index in [4.69, 9.17) is 4.42 Å². The zero-order chi connectivity index (χ0) is 12.8. The summed E-state index contributed by atoms with van der Waals surface area (Å²) in [4.78, 5) is 2.55. The Hall–Kier alpha value is -0.800. The first-order valence-corrected chi connectivity index (χ1v) is 7.33. The van der Waals surface area contributed by atoms with Crippen LogP contribution in [0.3, 0.4) is 0 Å². The van der Waals surface area contributed by atoms with Crippen molar-refractivity contribution in [3.8, 4) is 0 Å². The molecule has 1 aliphatic rings. The molecule has 102 valence electrons. The van der Waals surface area contributed by atoms with Gasteiger partial charge in [0.1, 0.15) is 5.76 Å². The van der Waals surface area contributed by atoms with Gasteiger partial charge in [-0.05, 0) is 37.8 Å². The minimum atomic E-state index is 0.676. The zero-order valence-electron chi connectivity index (χ0n) is 11.7. The Kier molecular flexibility index (Phi) is 5.26. The maximum atomic E-state index is 5.45. The standard InChI is InChI=1S/C15H26N2O/c1-3-13(4-2)16-9-10-17(14-7-8-14)12-15-6-5-11-18-15/h5-6,11,13-14,16H,3-4,7-10,12H2,1-2H3. The summed E-state index contributed by atoms with van der Waals surface area (Å²) in [7, 11) is 0. The lowest BCUT2D eigenvalue weighted by Gasteiger charge is -2.23. The minimum Gasteiger partial charge on any atom is -0.468 e. The van der Waals surface area contributed by atoms with Gasteiger partial charge in [-0.2, -0.15) is 0 Å². The van der Waals surface area contributed by atoms with Gasteiger partial charge in [-0.3, -0.25) is 4.90 Å². The van der Waals surface area contributed by atoms with E-state index in [1.165, 1.54) is 25.7 Å². The van der Waals surface area contributed by atoms with Crippen LogP contribution in [0.2, 0.25) is 0 Å².